The Bertz CT molecular complexity index is 407. The number of pyridine rings is 1. The minimum atomic E-state index is 1.17. The highest BCUT2D eigenvalue weighted by Crippen LogP contribution is 2.18. The number of benzene rings is 1. The van der Waals surface area contributed by atoms with E-state index in [1.807, 2.05) is 26.1 Å². The molecule has 0 N–H and O–H groups in total. The quantitative estimate of drug-likeness (QED) is 0.632. The Hall–Kier alpha value is -1.89. The molecule has 0 bridgehead atoms. The van der Waals surface area contributed by atoms with Crippen molar-refractivity contribution >= 4 is 0 Å². The smallest absolute Gasteiger partial charge is 0.0346 e. The molecule has 0 radical (unpaired) electrons. The molecule has 0 unspecified atom stereocenters. The van der Waals surface area contributed by atoms with E-state index in [-0.39, 0.29) is 0 Å². The van der Waals surface area contributed by atoms with Crippen molar-refractivity contribution < 1.29 is 0 Å². The highest BCUT2D eigenvalue weighted by atomic mass is 14.6. The van der Waals surface area contributed by atoms with Crippen LogP contribution in [0.15, 0.2) is 61.9 Å². The van der Waals surface area contributed by atoms with Gasteiger partial charge < -0.3 is 0 Å². The van der Waals surface area contributed by atoms with E-state index in [0.29, 0.717) is 0 Å². The molecule has 1 nitrogen and oxygen atoms in total. The van der Waals surface area contributed by atoms with Crippen molar-refractivity contribution in [1.29, 1.82) is 0 Å². The molecular weight excluding hydrogens is 206 g/mol. The largest absolute Gasteiger partial charge is 0.264 e. The van der Waals surface area contributed by atoms with Gasteiger partial charge in [0.15, 0.2) is 0 Å². The summed E-state index contributed by atoms with van der Waals surface area (Å²) in [6.07, 6.45) is 3.67. The number of aryl methyl sites for hydroxylation is 1. The molecular formula is C16H21N. The zero-order valence-corrected chi connectivity index (χ0v) is 11.0. The second-order valence-corrected chi connectivity index (χ2v) is 3.11. The van der Waals surface area contributed by atoms with Crippen LogP contribution in [0.1, 0.15) is 19.4 Å². The molecule has 2 rings (SSSR count). The zero-order valence-electron chi connectivity index (χ0n) is 11.0. The third-order valence-corrected chi connectivity index (χ3v) is 2.01. The first kappa shape index (κ1) is 15.1. The average Bonchev–Trinajstić information content (AvgIpc) is 2.44. The van der Waals surface area contributed by atoms with Gasteiger partial charge in [0.2, 0.25) is 0 Å². The molecule has 0 aliphatic heterocycles. The fourth-order valence-corrected chi connectivity index (χ4v) is 1.36. The van der Waals surface area contributed by atoms with E-state index in [1.54, 1.807) is 6.20 Å². The van der Waals surface area contributed by atoms with Gasteiger partial charge >= 0.3 is 0 Å². The van der Waals surface area contributed by atoms with Crippen molar-refractivity contribution in [3.63, 3.8) is 0 Å². The van der Waals surface area contributed by atoms with Gasteiger partial charge in [0.05, 0.1) is 0 Å². The Morgan fingerprint density at radius 2 is 1.59 bits per heavy atom. The lowest BCUT2D eigenvalue weighted by atomic mass is 10.1. The summed E-state index contributed by atoms with van der Waals surface area (Å²) in [5, 5.41) is 0. The Kier molecular flexibility index (Phi) is 8.31. The molecule has 0 spiro atoms. The maximum absolute atomic E-state index is 4.09. The predicted molar refractivity (Wildman–Crippen MR) is 77.0 cm³/mol. The van der Waals surface area contributed by atoms with Crippen molar-refractivity contribution in [3.8, 4) is 11.1 Å². The van der Waals surface area contributed by atoms with Gasteiger partial charge in [0, 0.05) is 12.4 Å². The minimum absolute atomic E-state index is 1.17. The summed E-state index contributed by atoms with van der Waals surface area (Å²) in [5.41, 5.74) is 3.68. The summed E-state index contributed by atoms with van der Waals surface area (Å²) >= 11 is 0. The molecule has 0 aliphatic rings. The monoisotopic (exact) mass is 227 g/mol. The van der Waals surface area contributed by atoms with Crippen molar-refractivity contribution in [3.05, 3.63) is 67.5 Å². The molecule has 90 valence electrons. The summed E-state index contributed by atoms with van der Waals surface area (Å²) in [6.45, 7) is 12.1. The van der Waals surface area contributed by atoms with Crippen LogP contribution in [0.4, 0.5) is 0 Å². The fraction of sp³-hybridized carbons (Fsp3) is 0.188. The van der Waals surface area contributed by atoms with Crippen molar-refractivity contribution in [1.82, 2.24) is 4.98 Å². The van der Waals surface area contributed by atoms with Gasteiger partial charge in [-0.2, -0.15) is 0 Å². The summed E-state index contributed by atoms with van der Waals surface area (Å²) in [7, 11) is 0. The molecule has 0 saturated carbocycles. The highest BCUT2D eigenvalue weighted by molar-refractivity contribution is 5.62. The normalized spacial score (nSPS) is 8.18. The Morgan fingerprint density at radius 1 is 0.941 bits per heavy atom. The van der Waals surface area contributed by atoms with Gasteiger partial charge in [0.25, 0.3) is 0 Å². The van der Waals surface area contributed by atoms with Gasteiger partial charge in [-0.05, 0) is 24.1 Å². The van der Waals surface area contributed by atoms with E-state index in [4.69, 9.17) is 0 Å². The molecule has 1 heteroatoms. The van der Waals surface area contributed by atoms with Crippen molar-refractivity contribution in [2.75, 3.05) is 0 Å². The minimum Gasteiger partial charge on any atom is -0.264 e. The Labute approximate surface area is 105 Å². The lowest BCUT2D eigenvalue weighted by molar-refractivity contribution is 1.33. The standard InChI is InChI=1S/C12H11N.C2H6.C2H4/c1-10-4-2-5-11(8-10)12-6-3-7-13-9-12;2*1-2/h2-9H,1H3;1-2H3;1-2H2. The third-order valence-electron chi connectivity index (χ3n) is 2.01. The van der Waals surface area contributed by atoms with Crippen LogP contribution < -0.4 is 0 Å². The van der Waals surface area contributed by atoms with Gasteiger partial charge in [-0.3, -0.25) is 4.98 Å². The van der Waals surface area contributed by atoms with E-state index in [1.165, 1.54) is 16.7 Å². The van der Waals surface area contributed by atoms with E-state index < -0.39 is 0 Å². The molecule has 17 heavy (non-hydrogen) atoms. The highest BCUT2D eigenvalue weighted by Gasteiger charge is 1.95. The second kappa shape index (κ2) is 9.34. The van der Waals surface area contributed by atoms with E-state index in [9.17, 15) is 0 Å². The lowest BCUT2D eigenvalue weighted by Crippen LogP contribution is -1.79. The van der Waals surface area contributed by atoms with Crippen LogP contribution in [0.3, 0.4) is 0 Å². The number of rotatable bonds is 1. The van der Waals surface area contributed by atoms with Gasteiger partial charge in [-0.1, -0.05) is 49.7 Å². The number of nitrogens with zero attached hydrogens (tertiary/aromatic N) is 1. The van der Waals surface area contributed by atoms with Crippen LogP contribution in [0.5, 0.6) is 0 Å². The molecule has 2 aromatic rings. The van der Waals surface area contributed by atoms with E-state index in [2.05, 4.69) is 55.4 Å². The third kappa shape index (κ3) is 5.12. The first-order valence-electron chi connectivity index (χ1n) is 5.83. The van der Waals surface area contributed by atoms with Gasteiger partial charge in [0.1, 0.15) is 0 Å². The Morgan fingerprint density at radius 3 is 2.12 bits per heavy atom. The molecule has 0 amide bonds. The second-order valence-electron chi connectivity index (χ2n) is 3.11. The summed E-state index contributed by atoms with van der Waals surface area (Å²) in [6, 6.07) is 12.5. The summed E-state index contributed by atoms with van der Waals surface area (Å²) in [5.74, 6) is 0. The van der Waals surface area contributed by atoms with Crippen LogP contribution in [0.2, 0.25) is 0 Å². The molecule has 1 aromatic heterocycles. The van der Waals surface area contributed by atoms with Crippen molar-refractivity contribution in [2.24, 2.45) is 0 Å². The molecule has 0 atom stereocenters. The maximum atomic E-state index is 4.09. The van der Waals surface area contributed by atoms with E-state index >= 15 is 0 Å². The molecule has 0 aliphatic carbocycles. The van der Waals surface area contributed by atoms with Gasteiger partial charge in [-0.15, -0.1) is 13.2 Å². The first-order valence-corrected chi connectivity index (χ1v) is 5.83. The van der Waals surface area contributed by atoms with Crippen LogP contribution in [0, 0.1) is 6.92 Å². The number of aromatic nitrogens is 1. The summed E-state index contributed by atoms with van der Waals surface area (Å²) in [4.78, 5) is 4.09. The topological polar surface area (TPSA) is 12.9 Å². The summed E-state index contributed by atoms with van der Waals surface area (Å²) < 4.78 is 0. The van der Waals surface area contributed by atoms with Crippen LogP contribution in [-0.2, 0) is 0 Å². The SMILES string of the molecule is C=C.CC.Cc1cccc(-c2cccnc2)c1. The van der Waals surface area contributed by atoms with Crippen LogP contribution in [0.25, 0.3) is 11.1 Å². The number of hydrogen-bond acceptors (Lipinski definition) is 1. The molecule has 0 saturated heterocycles. The lowest BCUT2D eigenvalue weighted by Gasteiger charge is -2.00. The first-order chi connectivity index (χ1) is 8.36. The number of hydrogen-bond donors (Lipinski definition) is 0. The zero-order chi connectivity index (χ0) is 13.1. The van der Waals surface area contributed by atoms with Crippen LogP contribution >= 0.6 is 0 Å². The average molecular weight is 227 g/mol. The molecule has 0 fully saturated rings. The maximum Gasteiger partial charge on any atom is 0.0346 e. The van der Waals surface area contributed by atoms with E-state index in [0.717, 1.165) is 0 Å². The Balaban J connectivity index is 0.000000581. The molecule has 1 heterocycles. The van der Waals surface area contributed by atoms with Crippen molar-refractivity contribution in [2.45, 2.75) is 20.8 Å². The predicted octanol–water partition coefficient (Wildman–Crippen LogP) is 4.89. The van der Waals surface area contributed by atoms with Gasteiger partial charge in [-0.25, -0.2) is 0 Å². The van der Waals surface area contributed by atoms with Crippen LogP contribution in [-0.4, -0.2) is 4.98 Å². The fourth-order valence-electron chi connectivity index (χ4n) is 1.36. The molecule has 1 aromatic carbocycles.